The minimum Gasteiger partial charge on any atom is -0.490 e. The molecule has 0 saturated heterocycles. The Morgan fingerprint density at radius 1 is 1.11 bits per heavy atom. The Kier molecular flexibility index (Phi) is 8.77. The smallest absolute Gasteiger partial charge is 0.226 e. The van der Waals surface area contributed by atoms with Gasteiger partial charge in [-0.15, -0.1) is 11.3 Å². The second kappa shape index (κ2) is 11.1. The Bertz CT molecular complexity index is 758. The van der Waals surface area contributed by atoms with Crippen molar-refractivity contribution in [3.05, 3.63) is 39.8 Å². The molecular formula is C22H32N2O3S. The Morgan fingerprint density at radius 2 is 1.79 bits per heavy atom. The SMILES string of the molecule is CCCOc1ccc(C(C)NC(=O)Cc2csc(C(C)C)n2)cc1OCCC. The molecule has 0 spiro atoms. The summed E-state index contributed by atoms with van der Waals surface area (Å²) in [6, 6.07) is 5.74. The van der Waals surface area contributed by atoms with Gasteiger partial charge in [0.1, 0.15) is 0 Å². The Labute approximate surface area is 172 Å². The van der Waals surface area contributed by atoms with E-state index in [0.29, 0.717) is 25.6 Å². The van der Waals surface area contributed by atoms with E-state index in [1.807, 2.05) is 30.5 Å². The van der Waals surface area contributed by atoms with Crippen LogP contribution in [0.4, 0.5) is 0 Å². The predicted molar refractivity (Wildman–Crippen MR) is 114 cm³/mol. The summed E-state index contributed by atoms with van der Waals surface area (Å²) in [5.41, 5.74) is 1.82. The van der Waals surface area contributed by atoms with Gasteiger partial charge in [-0.3, -0.25) is 4.79 Å². The highest BCUT2D eigenvalue weighted by atomic mass is 32.1. The largest absolute Gasteiger partial charge is 0.490 e. The molecule has 0 saturated carbocycles. The number of hydrogen-bond donors (Lipinski definition) is 1. The average molecular weight is 405 g/mol. The number of nitrogens with one attached hydrogen (secondary N) is 1. The monoisotopic (exact) mass is 404 g/mol. The molecule has 2 rings (SSSR count). The van der Waals surface area contributed by atoms with Gasteiger partial charge < -0.3 is 14.8 Å². The van der Waals surface area contributed by atoms with E-state index in [1.165, 1.54) is 0 Å². The van der Waals surface area contributed by atoms with Crippen molar-refractivity contribution < 1.29 is 14.3 Å². The van der Waals surface area contributed by atoms with Crippen LogP contribution in [-0.2, 0) is 11.2 Å². The molecule has 0 bridgehead atoms. The van der Waals surface area contributed by atoms with E-state index in [-0.39, 0.29) is 11.9 Å². The third kappa shape index (κ3) is 6.51. The highest BCUT2D eigenvalue weighted by Gasteiger charge is 2.15. The summed E-state index contributed by atoms with van der Waals surface area (Å²) in [6.45, 7) is 11.6. The van der Waals surface area contributed by atoms with E-state index in [4.69, 9.17) is 9.47 Å². The molecule has 0 fully saturated rings. The fourth-order valence-electron chi connectivity index (χ4n) is 2.66. The number of nitrogens with zero attached hydrogens (tertiary/aromatic N) is 1. The fourth-order valence-corrected chi connectivity index (χ4v) is 3.49. The molecule has 0 aliphatic carbocycles. The molecule has 6 heteroatoms. The number of carbonyl (C=O) groups is 1. The summed E-state index contributed by atoms with van der Waals surface area (Å²) < 4.78 is 11.6. The van der Waals surface area contributed by atoms with Crippen LogP contribution in [0.15, 0.2) is 23.6 Å². The summed E-state index contributed by atoms with van der Waals surface area (Å²) in [6.07, 6.45) is 2.16. The lowest BCUT2D eigenvalue weighted by molar-refractivity contribution is -0.121. The van der Waals surface area contributed by atoms with Crippen molar-refractivity contribution >= 4 is 17.2 Å². The number of hydrogen-bond acceptors (Lipinski definition) is 5. The van der Waals surface area contributed by atoms with Gasteiger partial charge in [0, 0.05) is 11.3 Å². The first-order valence-corrected chi connectivity index (χ1v) is 11.0. The maximum Gasteiger partial charge on any atom is 0.226 e. The normalized spacial score (nSPS) is 12.1. The van der Waals surface area contributed by atoms with Crippen molar-refractivity contribution in [3.8, 4) is 11.5 Å². The van der Waals surface area contributed by atoms with Gasteiger partial charge in [0.2, 0.25) is 5.91 Å². The zero-order valence-corrected chi connectivity index (χ0v) is 18.4. The molecule has 28 heavy (non-hydrogen) atoms. The van der Waals surface area contributed by atoms with Crippen LogP contribution >= 0.6 is 11.3 Å². The molecule has 1 amide bonds. The third-order valence-corrected chi connectivity index (χ3v) is 5.37. The van der Waals surface area contributed by atoms with Crippen LogP contribution in [0.3, 0.4) is 0 Å². The third-order valence-electron chi connectivity index (χ3n) is 4.17. The molecular weight excluding hydrogens is 372 g/mol. The van der Waals surface area contributed by atoms with Crippen molar-refractivity contribution in [1.29, 1.82) is 0 Å². The fraction of sp³-hybridized carbons (Fsp3) is 0.545. The average Bonchev–Trinajstić information content (AvgIpc) is 3.13. The van der Waals surface area contributed by atoms with Gasteiger partial charge in [-0.25, -0.2) is 4.98 Å². The van der Waals surface area contributed by atoms with E-state index < -0.39 is 0 Å². The zero-order chi connectivity index (χ0) is 20.5. The van der Waals surface area contributed by atoms with E-state index in [0.717, 1.165) is 40.6 Å². The molecule has 5 nitrogen and oxygen atoms in total. The zero-order valence-electron chi connectivity index (χ0n) is 17.6. The molecule has 2 aromatic rings. The number of thiazole rings is 1. The highest BCUT2D eigenvalue weighted by Crippen LogP contribution is 2.31. The number of ether oxygens (including phenoxy) is 2. The molecule has 0 aliphatic rings. The predicted octanol–water partition coefficient (Wildman–Crippen LogP) is 5.26. The first-order valence-electron chi connectivity index (χ1n) is 10.1. The molecule has 1 aromatic heterocycles. The molecule has 1 heterocycles. The summed E-state index contributed by atoms with van der Waals surface area (Å²) in [7, 11) is 0. The highest BCUT2D eigenvalue weighted by molar-refractivity contribution is 7.09. The summed E-state index contributed by atoms with van der Waals surface area (Å²) in [5.74, 6) is 1.84. The maximum absolute atomic E-state index is 12.4. The number of aromatic nitrogens is 1. The molecule has 1 unspecified atom stereocenters. The minimum atomic E-state index is -0.125. The first-order chi connectivity index (χ1) is 13.4. The molecule has 1 N–H and O–H groups in total. The van der Waals surface area contributed by atoms with Gasteiger partial charge >= 0.3 is 0 Å². The standard InChI is InChI=1S/C22H32N2O3S/c1-6-10-26-19-9-8-17(12-20(19)27-11-7-2)16(5)23-21(25)13-18-14-28-22(24-18)15(3)4/h8-9,12,14-16H,6-7,10-11,13H2,1-5H3,(H,23,25). The van der Waals surface area contributed by atoms with Crippen LogP contribution in [0.1, 0.15) is 75.7 Å². The van der Waals surface area contributed by atoms with Gasteiger partial charge in [-0.2, -0.15) is 0 Å². The second-order valence-corrected chi connectivity index (χ2v) is 8.09. The number of amides is 1. The van der Waals surface area contributed by atoms with E-state index in [1.54, 1.807) is 11.3 Å². The summed E-state index contributed by atoms with van der Waals surface area (Å²) >= 11 is 1.61. The van der Waals surface area contributed by atoms with E-state index in [9.17, 15) is 4.79 Å². The molecule has 154 valence electrons. The number of rotatable bonds is 11. The topological polar surface area (TPSA) is 60.5 Å². The van der Waals surface area contributed by atoms with Crippen LogP contribution in [0.2, 0.25) is 0 Å². The molecule has 1 aromatic carbocycles. The number of carbonyl (C=O) groups excluding carboxylic acids is 1. The van der Waals surface area contributed by atoms with Crippen LogP contribution in [0, 0.1) is 0 Å². The van der Waals surface area contributed by atoms with Crippen molar-refractivity contribution in [2.24, 2.45) is 0 Å². The lowest BCUT2D eigenvalue weighted by Crippen LogP contribution is -2.28. The quantitative estimate of drug-likeness (QED) is 0.555. The van der Waals surface area contributed by atoms with Crippen molar-refractivity contribution in [2.45, 2.75) is 65.8 Å². The molecule has 0 radical (unpaired) electrons. The van der Waals surface area contributed by atoms with Gasteiger partial charge in [-0.1, -0.05) is 33.8 Å². The van der Waals surface area contributed by atoms with Crippen LogP contribution in [0.25, 0.3) is 0 Å². The first kappa shape index (κ1) is 22.2. The lowest BCUT2D eigenvalue weighted by atomic mass is 10.1. The number of benzene rings is 1. The van der Waals surface area contributed by atoms with E-state index >= 15 is 0 Å². The van der Waals surface area contributed by atoms with E-state index in [2.05, 4.69) is 38.0 Å². The van der Waals surface area contributed by atoms with Gasteiger partial charge in [0.25, 0.3) is 0 Å². The Hall–Kier alpha value is -2.08. The maximum atomic E-state index is 12.4. The van der Waals surface area contributed by atoms with Gasteiger partial charge in [-0.05, 0) is 37.5 Å². The van der Waals surface area contributed by atoms with Crippen LogP contribution in [-0.4, -0.2) is 24.1 Å². The van der Waals surface area contributed by atoms with Gasteiger partial charge in [0.15, 0.2) is 11.5 Å². The van der Waals surface area contributed by atoms with Crippen molar-refractivity contribution in [2.75, 3.05) is 13.2 Å². The van der Waals surface area contributed by atoms with Crippen molar-refractivity contribution in [3.63, 3.8) is 0 Å². The van der Waals surface area contributed by atoms with Crippen molar-refractivity contribution in [1.82, 2.24) is 10.3 Å². The molecule has 0 aliphatic heterocycles. The van der Waals surface area contributed by atoms with Gasteiger partial charge in [0.05, 0.1) is 36.4 Å². The minimum absolute atomic E-state index is 0.0320. The Balaban J connectivity index is 2.02. The summed E-state index contributed by atoms with van der Waals surface area (Å²) in [5, 5.41) is 6.09. The lowest BCUT2D eigenvalue weighted by Gasteiger charge is -2.18. The van der Waals surface area contributed by atoms with Crippen LogP contribution < -0.4 is 14.8 Å². The van der Waals surface area contributed by atoms with Crippen LogP contribution in [0.5, 0.6) is 11.5 Å². The second-order valence-electron chi connectivity index (χ2n) is 7.20. The summed E-state index contributed by atoms with van der Waals surface area (Å²) in [4.78, 5) is 17.0. The Morgan fingerprint density at radius 3 is 2.39 bits per heavy atom. The molecule has 1 atom stereocenters.